The quantitative estimate of drug-likeness (QED) is 0.0185. The van der Waals surface area contributed by atoms with Gasteiger partial charge in [-0.15, -0.1) is 12.4 Å². The zero-order valence-electron chi connectivity index (χ0n) is 53.1. The second-order valence-electron chi connectivity index (χ2n) is 20.1. The number of nitrogens with zero attached hydrogens (tertiary/aromatic N) is 3. The Morgan fingerprint density at radius 2 is 0.738 bits per heavy atom. The van der Waals surface area contributed by atoms with Crippen LogP contribution in [0.25, 0.3) is 0 Å². The van der Waals surface area contributed by atoms with Crippen molar-refractivity contribution in [2.75, 3.05) is 109 Å². The predicted molar refractivity (Wildman–Crippen MR) is 327 cm³/mol. The largest absolute Gasteiger partial charge is 1.00 e. The monoisotopic (exact) mass is 1200 g/mol. The zero-order chi connectivity index (χ0) is 61.3. The first-order chi connectivity index (χ1) is 37.1. The summed E-state index contributed by atoms with van der Waals surface area (Å²) >= 11 is 0. The van der Waals surface area contributed by atoms with Crippen LogP contribution in [0.2, 0.25) is 0 Å². The van der Waals surface area contributed by atoms with E-state index in [4.69, 9.17) is 50.3 Å². The molecule has 8 N–H and O–H groups in total. The number of halogens is 2. The van der Waals surface area contributed by atoms with Crippen molar-refractivity contribution in [2.24, 2.45) is 5.73 Å². The van der Waals surface area contributed by atoms with Crippen LogP contribution in [0.4, 0.5) is 0 Å². The Hall–Kier alpha value is -3.17. The summed E-state index contributed by atoms with van der Waals surface area (Å²) in [6, 6.07) is 0. The van der Waals surface area contributed by atoms with Crippen LogP contribution in [-0.2, 0) is 43.0 Å². The standard InChI is InChI=1S/C20H41NO2.C11H23NO2.2C8H17NO2.C6H13NO2.C3H8O.C2H4O.CH2O2.2ClH/c1-4-5-6-7-8-9-10-11-12-16-19-23-20(22)17-14-13-15-18-21(2)3;1-4-10-14-11(13)8-6-5-7-9-12(2)3;2*1-9(2)7-5-3-4-6-8(10)11;7-5-3-1-2-4-6(8)9;1-2-3-4;1-2-3;2-1-3;;/h4-19H2,1-3H3;4-10H2,1-3H3;2*3-7H2,1-2H3,(H,10,11);1-5,7H2,(H,8,9);4H,2-3H2,1H3;2H,1H3;1H,(H,2,3);2*1H. The average Bonchev–Trinajstić information content (AvgIpc) is 3.36. The molecule has 0 radical (unpaired) electrons. The molecule has 0 unspecified atom stereocenters. The summed E-state index contributed by atoms with van der Waals surface area (Å²) in [5.74, 6) is -2.13. The first kappa shape index (κ1) is 98.9. The highest BCUT2D eigenvalue weighted by atomic mass is 35.5. The number of rotatable bonds is 43. The minimum Gasteiger partial charge on any atom is -1.00 e. The fourth-order valence-corrected chi connectivity index (χ4v) is 6.29. The molecule has 0 aromatic heterocycles. The second-order valence-corrected chi connectivity index (χ2v) is 20.1. The molecule has 80 heavy (non-hydrogen) atoms. The summed E-state index contributed by atoms with van der Waals surface area (Å²) in [7, 11) is 16.6. The minimum atomic E-state index is -0.716. The van der Waals surface area contributed by atoms with E-state index in [1.165, 1.54) is 82.6 Å². The molecular weight excluding hydrogens is 1070 g/mol. The number of aliphatic carboxylic acids is 3. The SMILES string of the molecule is CC=O.CCCCCCCCCCCCOC(=O)CCCCC[NH+](C)C.CCCO.CCCOC(=O)CCCCCN(C)C.CN(C)CCCCCC(=O)O.CN(C)CCCCCC(=O)O.Cl.NCCCCCC(=O)O.O=CO.[Cl-]. The maximum absolute atomic E-state index is 11.6. The number of carboxylic acids is 3. The van der Waals surface area contributed by atoms with Gasteiger partial charge in [-0.05, 0) is 165 Å². The number of hydrogen-bond acceptors (Lipinski definition) is 14. The summed E-state index contributed by atoms with van der Waals surface area (Å²) in [6.07, 6.45) is 32.8. The van der Waals surface area contributed by atoms with Crippen LogP contribution < -0.4 is 23.0 Å². The van der Waals surface area contributed by atoms with Crippen molar-refractivity contribution >= 4 is 55.0 Å². The van der Waals surface area contributed by atoms with E-state index in [-0.39, 0.29) is 49.6 Å². The maximum atomic E-state index is 11.6. The smallest absolute Gasteiger partial charge is 0.305 e. The molecule has 19 nitrogen and oxygen atoms in total. The van der Waals surface area contributed by atoms with Crippen molar-refractivity contribution in [2.45, 2.75) is 233 Å². The fraction of sp³-hybridized carbons (Fsp3) is 0.881. The Bertz CT molecular complexity index is 1190. The number of aliphatic hydroxyl groups excluding tert-OH is 1. The van der Waals surface area contributed by atoms with Gasteiger partial charge >= 0.3 is 29.8 Å². The van der Waals surface area contributed by atoms with E-state index in [9.17, 15) is 24.0 Å². The van der Waals surface area contributed by atoms with Crippen molar-refractivity contribution in [1.82, 2.24) is 14.7 Å². The molecule has 0 aliphatic rings. The summed E-state index contributed by atoms with van der Waals surface area (Å²) in [5, 5.41) is 39.6. The van der Waals surface area contributed by atoms with Crippen molar-refractivity contribution in [1.29, 1.82) is 0 Å². The summed E-state index contributed by atoms with van der Waals surface area (Å²) < 4.78 is 10.3. The molecule has 0 atom stereocenters. The van der Waals surface area contributed by atoms with Gasteiger partial charge in [0.15, 0.2) is 0 Å². The van der Waals surface area contributed by atoms with Crippen LogP contribution in [0, 0.1) is 0 Å². The van der Waals surface area contributed by atoms with Gasteiger partial charge in [-0.25, -0.2) is 0 Å². The summed E-state index contributed by atoms with van der Waals surface area (Å²) in [4.78, 5) is 77.8. The van der Waals surface area contributed by atoms with Gasteiger partial charge in [-0.3, -0.25) is 28.8 Å². The number of unbranched alkanes of at least 4 members (excludes halogenated alkanes) is 19. The molecular formula is C59H127Cl2N5O14. The van der Waals surface area contributed by atoms with Gasteiger partial charge in [0.1, 0.15) is 6.29 Å². The minimum absolute atomic E-state index is 0. The van der Waals surface area contributed by atoms with Crippen LogP contribution in [-0.4, -0.2) is 192 Å². The Labute approximate surface area is 501 Å². The number of carboxylic acid groups (broad SMARTS) is 4. The van der Waals surface area contributed by atoms with Crippen LogP contribution >= 0.6 is 12.4 Å². The number of ether oxygens (including phenoxy) is 2. The molecule has 0 saturated heterocycles. The van der Waals surface area contributed by atoms with Crippen molar-refractivity contribution in [3.8, 4) is 0 Å². The van der Waals surface area contributed by atoms with E-state index in [1.807, 2.05) is 42.0 Å². The van der Waals surface area contributed by atoms with Gasteiger partial charge in [-0.2, -0.15) is 0 Å². The van der Waals surface area contributed by atoms with Crippen LogP contribution in [0.15, 0.2) is 0 Å². The number of carbonyl (C=O) groups is 7. The topological polar surface area (TPSA) is 279 Å². The first-order valence-corrected chi connectivity index (χ1v) is 29.6. The van der Waals surface area contributed by atoms with E-state index >= 15 is 0 Å². The van der Waals surface area contributed by atoms with E-state index in [0.29, 0.717) is 52.0 Å². The van der Waals surface area contributed by atoms with Gasteiger partial charge in [0, 0.05) is 38.7 Å². The van der Waals surface area contributed by atoms with Gasteiger partial charge < -0.3 is 77.5 Å². The highest BCUT2D eigenvalue weighted by Crippen LogP contribution is 2.11. The predicted octanol–water partition coefficient (Wildman–Crippen LogP) is 6.91. The Kier molecular flexibility index (Phi) is 114. The van der Waals surface area contributed by atoms with Crippen molar-refractivity contribution in [3.63, 3.8) is 0 Å². The lowest BCUT2D eigenvalue weighted by molar-refractivity contribution is -0.858. The van der Waals surface area contributed by atoms with E-state index in [2.05, 4.69) is 49.8 Å². The molecule has 0 aromatic carbocycles. The van der Waals surface area contributed by atoms with Crippen LogP contribution in [0.5, 0.6) is 0 Å². The molecule has 0 heterocycles. The number of hydrogen-bond donors (Lipinski definition) is 7. The van der Waals surface area contributed by atoms with Gasteiger partial charge in [0.2, 0.25) is 0 Å². The highest BCUT2D eigenvalue weighted by Gasteiger charge is 2.04. The molecule has 0 aliphatic heterocycles. The third kappa shape index (κ3) is 146. The summed E-state index contributed by atoms with van der Waals surface area (Å²) in [5.41, 5.74) is 5.20. The number of quaternary nitrogens is 1. The van der Waals surface area contributed by atoms with Crippen molar-refractivity contribution in [3.05, 3.63) is 0 Å². The number of nitrogens with two attached hydrogens (primary N) is 1. The Balaban J connectivity index is -0.0000000942. The normalized spacial score (nSPS) is 9.68. The zero-order valence-corrected chi connectivity index (χ0v) is 54.6. The van der Waals surface area contributed by atoms with Gasteiger partial charge in [0.25, 0.3) is 6.47 Å². The molecule has 0 fully saturated rings. The summed E-state index contributed by atoms with van der Waals surface area (Å²) in [6.45, 7) is 14.0. The number of carbonyl (C=O) groups excluding carboxylic acids is 3. The molecule has 0 rings (SSSR count). The van der Waals surface area contributed by atoms with Crippen LogP contribution in [0.3, 0.4) is 0 Å². The number of aliphatic hydroxyl groups is 1. The Morgan fingerprint density at radius 3 is 1.01 bits per heavy atom. The molecule has 0 amide bonds. The molecule has 0 aliphatic carbocycles. The third-order valence-corrected chi connectivity index (χ3v) is 10.6. The van der Waals surface area contributed by atoms with Gasteiger partial charge in [0.05, 0.1) is 33.9 Å². The van der Waals surface area contributed by atoms with E-state index in [1.54, 1.807) is 0 Å². The number of esters is 2. The Morgan fingerprint density at radius 1 is 0.463 bits per heavy atom. The number of nitrogens with one attached hydrogen (secondary N) is 1. The number of aldehydes is 1. The van der Waals surface area contributed by atoms with Gasteiger partial charge in [-0.1, -0.05) is 104 Å². The average molecular weight is 1200 g/mol. The van der Waals surface area contributed by atoms with Crippen LogP contribution in [0.1, 0.15) is 233 Å². The molecule has 21 heteroatoms. The van der Waals surface area contributed by atoms with E-state index in [0.717, 1.165) is 135 Å². The third-order valence-electron chi connectivity index (χ3n) is 10.6. The first-order valence-electron chi connectivity index (χ1n) is 29.6. The highest BCUT2D eigenvalue weighted by molar-refractivity contribution is 5.85. The lowest BCUT2D eigenvalue weighted by atomic mass is 10.1. The molecule has 0 aromatic rings. The maximum Gasteiger partial charge on any atom is 0.305 e. The van der Waals surface area contributed by atoms with E-state index < -0.39 is 17.9 Å². The second kappa shape index (κ2) is 92.3. The lowest BCUT2D eigenvalue weighted by Gasteiger charge is -2.08. The lowest BCUT2D eigenvalue weighted by Crippen LogP contribution is -3.05. The van der Waals surface area contributed by atoms with Crippen molar-refractivity contribution < 1.29 is 85.9 Å². The fourth-order valence-electron chi connectivity index (χ4n) is 6.29. The molecule has 0 spiro atoms. The molecule has 0 bridgehead atoms. The molecule has 486 valence electrons. The molecule has 0 saturated carbocycles.